The van der Waals surface area contributed by atoms with Gasteiger partial charge in [0.15, 0.2) is 5.82 Å². The Morgan fingerprint density at radius 1 is 1.42 bits per heavy atom. The number of benzene rings is 1. The lowest BCUT2D eigenvalue weighted by Gasteiger charge is -2.24. The zero-order chi connectivity index (χ0) is 18.7. The fourth-order valence-electron chi connectivity index (χ4n) is 2.94. The number of carbonyl (C=O) groups excluding carboxylic acids is 1. The Morgan fingerprint density at radius 2 is 2.23 bits per heavy atom. The minimum Gasteiger partial charge on any atom is -0.377 e. The van der Waals surface area contributed by atoms with Crippen LogP contribution in [0, 0.1) is 12.7 Å². The van der Waals surface area contributed by atoms with E-state index in [2.05, 4.69) is 25.9 Å². The molecule has 1 aliphatic rings. The van der Waals surface area contributed by atoms with E-state index < -0.39 is 5.91 Å². The molecule has 5 N–H and O–H groups in total. The van der Waals surface area contributed by atoms with Crippen LogP contribution in [0.2, 0.25) is 0 Å². The van der Waals surface area contributed by atoms with Crippen LogP contribution in [0.4, 0.5) is 15.9 Å². The maximum atomic E-state index is 13.6. The average Bonchev–Trinajstić information content (AvgIpc) is 2.63. The third-order valence-corrected chi connectivity index (χ3v) is 4.26. The van der Waals surface area contributed by atoms with Gasteiger partial charge in [-0.2, -0.15) is 0 Å². The van der Waals surface area contributed by atoms with Crippen LogP contribution < -0.4 is 21.7 Å². The molecule has 1 aromatic carbocycles. The van der Waals surface area contributed by atoms with Gasteiger partial charge < -0.3 is 21.7 Å². The van der Waals surface area contributed by atoms with Gasteiger partial charge in [-0.15, -0.1) is 0 Å². The molecule has 7 nitrogen and oxygen atoms in total. The van der Waals surface area contributed by atoms with Gasteiger partial charge in [0.05, 0.1) is 11.6 Å². The van der Waals surface area contributed by atoms with Crippen LogP contribution in [-0.2, 0) is 4.79 Å². The molecule has 136 valence electrons. The lowest BCUT2D eigenvalue weighted by atomic mass is 10.0. The highest BCUT2D eigenvalue weighted by molar-refractivity contribution is 6.20. The largest absolute Gasteiger partial charge is 0.377 e. The second kappa shape index (κ2) is 7.49. The third-order valence-electron chi connectivity index (χ3n) is 4.26. The standard InChI is InChI=1S/C18H21FN6O/c1-10-7-11(3-4-13(10)19)14(8-21-2)25-18-16-15(23-9-24-18)12(17(20)26)5-6-22-16/h3-5,7,9,14,21-22H,6,8H2,1-2H3,(H2,20,26)(H,23,24,25). The highest BCUT2D eigenvalue weighted by atomic mass is 19.1. The van der Waals surface area contributed by atoms with Gasteiger partial charge in [0, 0.05) is 13.1 Å². The van der Waals surface area contributed by atoms with Gasteiger partial charge in [0.25, 0.3) is 5.91 Å². The maximum absolute atomic E-state index is 13.6. The van der Waals surface area contributed by atoms with Crippen LogP contribution in [0.25, 0.3) is 5.57 Å². The molecule has 0 saturated heterocycles. The SMILES string of the molecule is CNCC(Nc1ncnc2c1NCC=C2C(N)=O)c1ccc(F)c(C)c1. The summed E-state index contributed by atoms with van der Waals surface area (Å²) in [5.74, 6) is -0.211. The second-order valence-corrected chi connectivity index (χ2v) is 6.07. The summed E-state index contributed by atoms with van der Waals surface area (Å²) >= 11 is 0. The number of anilines is 2. The number of fused-ring (bicyclic) bond motifs is 1. The molecule has 0 saturated carbocycles. The van der Waals surface area contributed by atoms with E-state index in [9.17, 15) is 9.18 Å². The van der Waals surface area contributed by atoms with Crippen LogP contribution in [0.3, 0.4) is 0 Å². The molecule has 3 rings (SSSR count). The number of rotatable bonds is 6. The van der Waals surface area contributed by atoms with E-state index in [1.54, 1.807) is 25.1 Å². The molecular weight excluding hydrogens is 335 g/mol. The molecule has 1 amide bonds. The first kappa shape index (κ1) is 17.8. The van der Waals surface area contributed by atoms with Crippen LogP contribution in [-0.4, -0.2) is 36.0 Å². The number of likely N-dealkylation sites (N-methyl/N-ethyl adjacent to an activating group) is 1. The summed E-state index contributed by atoms with van der Waals surface area (Å²) in [6, 6.07) is 4.85. The number of nitrogens with two attached hydrogens (primary N) is 1. The monoisotopic (exact) mass is 356 g/mol. The molecular formula is C18H21FN6O. The Bertz CT molecular complexity index is 867. The normalized spacial score (nSPS) is 14.0. The van der Waals surface area contributed by atoms with Crippen LogP contribution in [0.15, 0.2) is 30.6 Å². The number of halogens is 1. The highest BCUT2D eigenvalue weighted by Gasteiger charge is 2.23. The fourth-order valence-corrected chi connectivity index (χ4v) is 2.94. The van der Waals surface area contributed by atoms with Crippen LogP contribution in [0.5, 0.6) is 0 Å². The summed E-state index contributed by atoms with van der Waals surface area (Å²) < 4.78 is 13.6. The summed E-state index contributed by atoms with van der Waals surface area (Å²) in [6.07, 6.45) is 3.09. The number of carbonyl (C=O) groups is 1. The van der Waals surface area contributed by atoms with Crippen molar-refractivity contribution in [1.82, 2.24) is 15.3 Å². The Morgan fingerprint density at radius 3 is 2.92 bits per heavy atom. The van der Waals surface area contributed by atoms with E-state index in [-0.39, 0.29) is 11.9 Å². The van der Waals surface area contributed by atoms with Gasteiger partial charge >= 0.3 is 0 Å². The average molecular weight is 356 g/mol. The van der Waals surface area contributed by atoms with Crippen molar-refractivity contribution in [3.63, 3.8) is 0 Å². The summed E-state index contributed by atoms with van der Waals surface area (Å²) in [6.45, 7) is 2.79. The number of aryl methyl sites for hydroxylation is 1. The maximum Gasteiger partial charge on any atom is 0.250 e. The van der Waals surface area contributed by atoms with E-state index in [4.69, 9.17) is 5.73 Å². The predicted octanol–water partition coefficient (Wildman–Crippen LogP) is 1.59. The molecule has 1 unspecified atom stereocenters. The van der Waals surface area contributed by atoms with Crippen molar-refractivity contribution in [2.45, 2.75) is 13.0 Å². The zero-order valence-corrected chi connectivity index (χ0v) is 14.6. The molecule has 0 radical (unpaired) electrons. The fraction of sp³-hybridized carbons (Fsp3) is 0.278. The molecule has 0 bridgehead atoms. The van der Waals surface area contributed by atoms with Crippen molar-refractivity contribution in [3.05, 3.63) is 53.2 Å². The molecule has 1 aromatic heterocycles. The van der Waals surface area contributed by atoms with Crippen molar-refractivity contribution in [2.24, 2.45) is 5.73 Å². The van der Waals surface area contributed by atoms with Crippen molar-refractivity contribution >= 4 is 23.0 Å². The van der Waals surface area contributed by atoms with E-state index >= 15 is 0 Å². The van der Waals surface area contributed by atoms with E-state index in [1.807, 2.05) is 7.05 Å². The molecule has 2 heterocycles. The lowest BCUT2D eigenvalue weighted by Crippen LogP contribution is -2.26. The number of nitrogens with zero attached hydrogens (tertiary/aromatic N) is 2. The van der Waals surface area contributed by atoms with Gasteiger partial charge in [-0.1, -0.05) is 18.2 Å². The Balaban J connectivity index is 1.96. The van der Waals surface area contributed by atoms with Crippen molar-refractivity contribution in [2.75, 3.05) is 30.8 Å². The molecule has 2 aromatic rings. The first-order valence-electron chi connectivity index (χ1n) is 8.27. The zero-order valence-electron chi connectivity index (χ0n) is 14.6. The molecule has 8 heteroatoms. The van der Waals surface area contributed by atoms with Crippen molar-refractivity contribution < 1.29 is 9.18 Å². The molecule has 0 aliphatic carbocycles. The summed E-state index contributed by atoms with van der Waals surface area (Å²) in [7, 11) is 1.84. The smallest absolute Gasteiger partial charge is 0.250 e. The van der Waals surface area contributed by atoms with E-state index in [0.717, 1.165) is 5.56 Å². The highest BCUT2D eigenvalue weighted by Crippen LogP contribution is 2.32. The first-order valence-corrected chi connectivity index (χ1v) is 8.27. The van der Waals surface area contributed by atoms with Gasteiger partial charge in [0.2, 0.25) is 0 Å². The topological polar surface area (TPSA) is 105 Å². The molecule has 0 spiro atoms. The summed E-state index contributed by atoms with van der Waals surface area (Å²) in [5, 5.41) is 9.66. The first-order chi connectivity index (χ1) is 12.5. The lowest BCUT2D eigenvalue weighted by molar-refractivity contribution is -0.112. The molecule has 26 heavy (non-hydrogen) atoms. The number of nitrogens with one attached hydrogen (secondary N) is 3. The summed E-state index contributed by atoms with van der Waals surface area (Å²) in [4.78, 5) is 20.1. The molecule has 1 atom stereocenters. The van der Waals surface area contributed by atoms with Gasteiger partial charge in [-0.05, 0) is 31.2 Å². The molecule has 1 aliphatic heterocycles. The second-order valence-electron chi connectivity index (χ2n) is 6.07. The quantitative estimate of drug-likeness (QED) is 0.627. The number of aromatic nitrogens is 2. The van der Waals surface area contributed by atoms with Crippen molar-refractivity contribution in [3.8, 4) is 0 Å². The van der Waals surface area contributed by atoms with Gasteiger partial charge in [0.1, 0.15) is 23.5 Å². The van der Waals surface area contributed by atoms with Gasteiger partial charge in [-0.25, -0.2) is 14.4 Å². The Kier molecular flexibility index (Phi) is 5.13. The van der Waals surface area contributed by atoms with Crippen LogP contribution in [0.1, 0.15) is 22.9 Å². The Hall–Kier alpha value is -3.00. The van der Waals surface area contributed by atoms with Crippen molar-refractivity contribution in [1.29, 1.82) is 0 Å². The van der Waals surface area contributed by atoms with Gasteiger partial charge in [-0.3, -0.25) is 4.79 Å². The minimum absolute atomic E-state index is 0.150. The Labute approximate surface area is 150 Å². The van der Waals surface area contributed by atoms with Crippen LogP contribution >= 0.6 is 0 Å². The molecule has 0 fully saturated rings. The summed E-state index contributed by atoms with van der Waals surface area (Å²) in [5.41, 5.74) is 8.41. The van der Waals surface area contributed by atoms with E-state index in [1.165, 1.54) is 12.4 Å². The number of hydrogen-bond acceptors (Lipinski definition) is 6. The number of primary amides is 1. The minimum atomic E-state index is -0.529. The number of hydrogen-bond donors (Lipinski definition) is 4. The van der Waals surface area contributed by atoms with E-state index in [0.29, 0.717) is 41.4 Å². The third kappa shape index (κ3) is 3.50. The number of amides is 1. The predicted molar refractivity (Wildman–Crippen MR) is 99.1 cm³/mol.